The van der Waals surface area contributed by atoms with Gasteiger partial charge in [-0.1, -0.05) is 12.1 Å². The molecule has 0 aliphatic carbocycles. The lowest BCUT2D eigenvalue weighted by molar-refractivity contribution is 0.0596. The first kappa shape index (κ1) is 18.7. The first-order valence-corrected chi connectivity index (χ1v) is 9.26. The molecule has 3 aromatic heterocycles. The van der Waals surface area contributed by atoms with E-state index >= 15 is 0 Å². The van der Waals surface area contributed by atoms with Gasteiger partial charge in [0, 0.05) is 30.9 Å². The minimum Gasteiger partial charge on any atom is -0.464 e. The predicted molar refractivity (Wildman–Crippen MR) is 109 cm³/mol. The molecule has 0 spiro atoms. The lowest BCUT2D eigenvalue weighted by Gasteiger charge is -2.11. The van der Waals surface area contributed by atoms with E-state index in [2.05, 4.69) is 10.1 Å². The van der Waals surface area contributed by atoms with Crippen molar-refractivity contribution in [1.82, 2.24) is 23.9 Å². The molecule has 0 bridgehead atoms. The lowest BCUT2D eigenvalue weighted by Crippen LogP contribution is -2.21. The molecule has 3 heterocycles. The molecule has 148 valence electrons. The summed E-state index contributed by atoms with van der Waals surface area (Å²) in [5.41, 5.74) is 3.54. The number of esters is 1. The summed E-state index contributed by atoms with van der Waals surface area (Å²) in [5.74, 6) is 0.165. The molecule has 0 fully saturated rings. The Kier molecular flexibility index (Phi) is 4.54. The van der Waals surface area contributed by atoms with Gasteiger partial charge in [-0.25, -0.2) is 23.8 Å². The Morgan fingerprint density at radius 3 is 2.48 bits per heavy atom. The van der Waals surface area contributed by atoms with Crippen LogP contribution in [-0.4, -0.2) is 37.0 Å². The highest BCUT2D eigenvalue weighted by Gasteiger charge is 2.19. The van der Waals surface area contributed by atoms with E-state index in [0.717, 1.165) is 27.8 Å². The van der Waals surface area contributed by atoms with Gasteiger partial charge >= 0.3 is 11.7 Å². The van der Waals surface area contributed by atoms with E-state index in [-0.39, 0.29) is 5.69 Å². The van der Waals surface area contributed by atoms with Gasteiger partial charge in [-0.15, -0.1) is 0 Å². The summed E-state index contributed by atoms with van der Waals surface area (Å²) >= 11 is 0. The number of fused-ring (bicyclic) bond motifs is 1. The van der Waals surface area contributed by atoms with E-state index in [0.29, 0.717) is 18.1 Å². The maximum Gasteiger partial charge on any atom is 0.358 e. The smallest absolute Gasteiger partial charge is 0.358 e. The molecular formula is C21H21N5O3. The van der Waals surface area contributed by atoms with Gasteiger partial charge in [-0.05, 0) is 43.7 Å². The molecule has 4 aromatic rings. The average molecular weight is 391 g/mol. The highest BCUT2D eigenvalue weighted by Crippen LogP contribution is 2.30. The standard InChI is InChI=1S/C21H21N5O3/c1-5-25-17(12-15-10-11-22-18(19(15)25)20(27)29-4)14-6-8-16(9-7-14)26-13(2)23-24(3)21(26)28/h6-12H,5H2,1-4H3. The number of hydrogen-bond acceptors (Lipinski definition) is 5. The van der Waals surface area contributed by atoms with Gasteiger partial charge in [0.05, 0.1) is 18.3 Å². The minimum atomic E-state index is -0.461. The number of aromatic nitrogens is 5. The Balaban J connectivity index is 1.85. The van der Waals surface area contributed by atoms with Gasteiger partial charge in [0.25, 0.3) is 0 Å². The number of ether oxygens (including phenoxy) is 1. The highest BCUT2D eigenvalue weighted by molar-refractivity contribution is 6.03. The van der Waals surface area contributed by atoms with E-state index in [1.165, 1.54) is 11.8 Å². The molecule has 0 unspecified atom stereocenters. The first-order valence-electron chi connectivity index (χ1n) is 9.26. The van der Waals surface area contributed by atoms with Crippen molar-refractivity contribution in [2.24, 2.45) is 7.05 Å². The number of aryl methyl sites for hydroxylation is 3. The number of rotatable bonds is 4. The van der Waals surface area contributed by atoms with Crippen molar-refractivity contribution in [2.75, 3.05) is 7.11 Å². The van der Waals surface area contributed by atoms with Gasteiger partial charge in [-0.3, -0.25) is 0 Å². The van der Waals surface area contributed by atoms with E-state index in [9.17, 15) is 9.59 Å². The zero-order valence-electron chi connectivity index (χ0n) is 16.7. The fraction of sp³-hybridized carbons (Fsp3) is 0.238. The average Bonchev–Trinajstić information content (AvgIpc) is 3.23. The summed E-state index contributed by atoms with van der Waals surface area (Å²) in [4.78, 5) is 28.7. The van der Waals surface area contributed by atoms with Gasteiger partial charge in [0.1, 0.15) is 5.82 Å². The van der Waals surface area contributed by atoms with Crippen molar-refractivity contribution < 1.29 is 9.53 Å². The third kappa shape index (κ3) is 2.93. The van der Waals surface area contributed by atoms with Crippen LogP contribution in [0.1, 0.15) is 23.2 Å². The summed E-state index contributed by atoms with van der Waals surface area (Å²) in [5, 5.41) is 5.09. The maximum atomic E-state index is 12.3. The summed E-state index contributed by atoms with van der Waals surface area (Å²) in [6.45, 7) is 4.48. The Morgan fingerprint density at radius 2 is 1.90 bits per heavy atom. The number of hydrogen-bond donors (Lipinski definition) is 0. The quantitative estimate of drug-likeness (QED) is 0.500. The molecule has 0 saturated heterocycles. The lowest BCUT2D eigenvalue weighted by atomic mass is 10.1. The molecule has 0 saturated carbocycles. The number of carbonyl (C=O) groups is 1. The molecular weight excluding hydrogens is 370 g/mol. The van der Waals surface area contributed by atoms with Crippen LogP contribution in [-0.2, 0) is 18.3 Å². The topological polar surface area (TPSA) is 83.9 Å². The van der Waals surface area contributed by atoms with Crippen molar-refractivity contribution in [3.8, 4) is 16.9 Å². The number of nitrogens with zero attached hydrogens (tertiary/aromatic N) is 5. The molecule has 0 amide bonds. The number of carbonyl (C=O) groups excluding carboxylic acids is 1. The summed E-state index contributed by atoms with van der Waals surface area (Å²) in [6.07, 6.45) is 1.61. The molecule has 0 aliphatic heterocycles. The van der Waals surface area contributed by atoms with Crippen LogP contribution in [0.2, 0.25) is 0 Å². The highest BCUT2D eigenvalue weighted by atomic mass is 16.5. The largest absolute Gasteiger partial charge is 0.464 e. The fourth-order valence-electron chi connectivity index (χ4n) is 3.69. The van der Waals surface area contributed by atoms with E-state index < -0.39 is 5.97 Å². The van der Waals surface area contributed by atoms with Crippen LogP contribution >= 0.6 is 0 Å². The van der Waals surface area contributed by atoms with Crippen LogP contribution < -0.4 is 5.69 Å². The van der Waals surface area contributed by atoms with Gasteiger partial charge < -0.3 is 9.30 Å². The molecule has 29 heavy (non-hydrogen) atoms. The fourth-order valence-corrected chi connectivity index (χ4v) is 3.69. The second-order valence-corrected chi connectivity index (χ2v) is 6.70. The van der Waals surface area contributed by atoms with E-state index in [4.69, 9.17) is 4.74 Å². The molecule has 1 aromatic carbocycles. The molecule has 8 heteroatoms. The number of benzene rings is 1. The summed E-state index contributed by atoms with van der Waals surface area (Å²) in [7, 11) is 2.98. The first-order chi connectivity index (χ1) is 14.0. The third-order valence-electron chi connectivity index (χ3n) is 5.01. The van der Waals surface area contributed by atoms with Crippen molar-refractivity contribution in [2.45, 2.75) is 20.4 Å². The van der Waals surface area contributed by atoms with Crippen molar-refractivity contribution in [3.05, 3.63) is 64.6 Å². The Bertz CT molecular complexity index is 1280. The van der Waals surface area contributed by atoms with Gasteiger partial charge in [0.15, 0.2) is 5.69 Å². The van der Waals surface area contributed by atoms with Crippen LogP contribution in [0.15, 0.2) is 47.4 Å². The monoisotopic (exact) mass is 391 g/mol. The van der Waals surface area contributed by atoms with E-state index in [1.54, 1.807) is 24.7 Å². The molecule has 0 radical (unpaired) electrons. The van der Waals surface area contributed by atoms with Gasteiger partial charge in [0.2, 0.25) is 0 Å². The molecule has 0 aliphatic rings. The van der Waals surface area contributed by atoms with Crippen molar-refractivity contribution in [3.63, 3.8) is 0 Å². The normalized spacial score (nSPS) is 11.2. The van der Waals surface area contributed by atoms with Crippen molar-refractivity contribution in [1.29, 1.82) is 0 Å². The summed E-state index contributed by atoms with van der Waals surface area (Å²) < 4.78 is 9.83. The van der Waals surface area contributed by atoms with E-state index in [1.807, 2.05) is 47.9 Å². The van der Waals surface area contributed by atoms with Gasteiger partial charge in [-0.2, -0.15) is 5.10 Å². The van der Waals surface area contributed by atoms with Crippen LogP contribution in [0.25, 0.3) is 27.8 Å². The zero-order valence-corrected chi connectivity index (χ0v) is 16.7. The maximum absolute atomic E-state index is 12.3. The summed E-state index contributed by atoms with van der Waals surface area (Å²) in [6, 6.07) is 11.6. The number of pyridine rings is 1. The second-order valence-electron chi connectivity index (χ2n) is 6.70. The molecule has 0 atom stereocenters. The Labute approximate surface area is 167 Å². The second kappa shape index (κ2) is 7.05. The molecule has 4 rings (SSSR count). The van der Waals surface area contributed by atoms with Crippen LogP contribution in [0.3, 0.4) is 0 Å². The van der Waals surface area contributed by atoms with Crippen molar-refractivity contribution >= 4 is 16.9 Å². The SMILES string of the molecule is CCn1c(-c2ccc(-n3c(C)nn(C)c3=O)cc2)cc2ccnc(C(=O)OC)c21. The number of methoxy groups -OCH3 is 1. The molecule has 0 N–H and O–H groups in total. The Hall–Kier alpha value is -3.68. The predicted octanol–water partition coefficient (Wildman–Crippen LogP) is 2.70. The van der Waals surface area contributed by atoms with Crippen LogP contribution in [0, 0.1) is 6.92 Å². The third-order valence-corrected chi connectivity index (χ3v) is 5.01. The van der Waals surface area contributed by atoms with Crippen LogP contribution in [0.4, 0.5) is 0 Å². The zero-order chi connectivity index (χ0) is 20.7. The molecule has 8 nitrogen and oxygen atoms in total. The minimum absolute atomic E-state index is 0.188. The van der Waals surface area contributed by atoms with Crippen LogP contribution in [0.5, 0.6) is 0 Å². The Morgan fingerprint density at radius 1 is 1.17 bits per heavy atom.